The molecule has 1 fully saturated rings. The van der Waals surface area contributed by atoms with E-state index in [9.17, 15) is 4.79 Å². The van der Waals surface area contributed by atoms with Gasteiger partial charge in [0.15, 0.2) is 0 Å². The highest BCUT2D eigenvalue weighted by Crippen LogP contribution is 2.31. The summed E-state index contributed by atoms with van der Waals surface area (Å²) in [7, 11) is 0. The number of anilines is 2. The summed E-state index contributed by atoms with van der Waals surface area (Å²) in [5.41, 5.74) is 2.52. The zero-order valence-electron chi connectivity index (χ0n) is 15.6. The van der Waals surface area contributed by atoms with Crippen LogP contribution in [0.3, 0.4) is 0 Å². The van der Waals surface area contributed by atoms with Crippen LogP contribution in [0, 0.1) is 13.8 Å². The monoisotopic (exact) mass is 364 g/mol. The number of rotatable bonds is 2. The van der Waals surface area contributed by atoms with Gasteiger partial charge in [0.2, 0.25) is 11.9 Å². The molecular weight excluding hydrogens is 340 g/mol. The second-order valence-electron chi connectivity index (χ2n) is 7.14. The van der Waals surface area contributed by atoms with Crippen LogP contribution in [0.1, 0.15) is 37.1 Å². The highest BCUT2D eigenvalue weighted by Gasteiger charge is 2.41. The first-order valence-electron chi connectivity index (χ1n) is 9.42. The van der Waals surface area contributed by atoms with Crippen LogP contribution in [0.5, 0.6) is 0 Å². The van der Waals surface area contributed by atoms with Gasteiger partial charge in [0.05, 0.1) is 12.1 Å². The quantitative estimate of drug-likeness (QED) is 0.851. The molecule has 0 unspecified atom stereocenters. The van der Waals surface area contributed by atoms with E-state index >= 15 is 0 Å². The Hall–Kier alpha value is -2.96. The standard InChI is InChI=1S/C20H24N6O/c1-13-12-14(2)22-18(21-13)25-19-24-16-10-6-7-11-17(16)26(19)20(27)23-15-8-4-3-5-9-15/h3-5,8-9,12,16-17H,6-7,10-11H2,1-2H3,(H,23,27)(H,21,22,24,25)/t16-,17-/m0/s1. The lowest BCUT2D eigenvalue weighted by atomic mass is 9.91. The maximum Gasteiger partial charge on any atom is 0.328 e. The predicted molar refractivity (Wildman–Crippen MR) is 106 cm³/mol. The Labute approximate surface area is 158 Å². The van der Waals surface area contributed by atoms with Gasteiger partial charge in [-0.1, -0.05) is 31.0 Å². The molecule has 2 atom stereocenters. The number of benzene rings is 1. The van der Waals surface area contributed by atoms with Crippen molar-refractivity contribution in [2.45, 2.75) is 51.6 Å². The Morgan fingerprint density at radius 2 is 1.78 bits per heavy atom. The van der Waals surface area contributed by atoms with Gasteiger partial charge in [0.1, 0.15) is 0 Å². The molecule has 2 amide bonds. The van der Waals surface area contributed by atoms with Crippen LogP contribution in [0.25, 0.3) is 0 Å². The van der Waals surface area contributed by atoms with E-state index in [0.717, 1.165) is 42.8 Å². The van der Waals surface area contributed by atoms with Gasteiger partial charge < -0.3 is 5.32 Å². The maximum absolute atomic E-state index is 13.1. The molecule has 7 heteroatoms. The first kappa shape index (κ1) is 17.5. The van der Waals surface area contributed by atoms with Gasteiger partial charge >= 0.3 is 6.03 Å². The van der Waals surface area contributed by atoms with Crippen molar-refractivity contribution < 1.29 is 4.79 Å². The Balaban J connectivity index is 1.59. The van der Waals surface area contributed by atoms with E-state index in [0.29, 0.717) is 11.9 Å². The lowest BCUT2D eigenvalue weighted by Crippen LogP contribution is -2.49. The van der Waals surface area contributed by atoms with Crippen LogP contribution in [0.2, 0.25) is 0 Å². The van der Waals surface area contributed by atoms with Crippen LogP contribution in [0.4, 0.5) is 16.4 Å². The minimum atomic E-state index is -0.175. The molecule has 0 bridgehead atoms. The third-order valence-corrected chi connectivity index (χ3v) is 4.99. The minimum absolute atomic E-state index is 0.0795. The van der Waals surface area contributed by atoms with Gasteiger partial charge in [-0.15, -0.1) is 0 Å². The molecule has 27 heavy (non-hydrogen) atoms. The van der Waals surface area contributed by atoms with Crippen LogP contribution >= 0.6 is 0 Å². The highest BCUT2D eigenvalue weighted by atomic mass is 16.2. The van der Waals surface area contributed by atoms with Crippen molar-refractivity contribution in [2.24, 2.45) is 4.99 Å². The summed E-state index contributed by atoms with van der Waals surface area (Å²) in [4.78, 5) is 28.5. The average Bonchev–Trinajstić information content (AvgIpc) is 2.99. The van der Waals surface area contributed by atoms with E-state index in [1.807, 2.05) is 50.2 Å². The molecule has 2 heterocycles. The summed E-state index contributed by atoms with van der Waals surface area (Å²) < 4.78 is 0. The number of urea groups is 1. The first-order chi connectivity index (χ1) is 13.1. The number of hydrogen-bond acceptors (Lipinski definition) is 5. The summed E-state index contributed by atoms with van der Waals surface area (Å²) >= 11 is 0. The molecule has 0 saturated heterocycles. The normalized spacial score (nSPS) is 21.4. The largest absolute Gasteiger partial charge is 0.328 e. The number of para-hydroxylation sites is 1. The Kier molecular flexibility index (Phi) is 4.75. The van der Waals surface area contributed by atoms with Crippen molar-refractivity contribution in [3.8, 4) is 0 Å². The number of aryl methyl sites for hydroxylation is 2. The smallest absolute Gasteiger partial charge is 0.307 e. The highest BCUT2D eigenvalue weighted by molar-refractivity contribution is 6.08. The zero-order chi connectivity index (χ0) is 18.8. The molecule has 4 rings (SSSR count). The molecule has 1 aromatic carbocycles. The van der Waals surface area contributed by atoms with E-state index in [1.54, 1.807) is 4.90 Å². The lowest BCUT2D eigenvalue weighted by Gasteiger charge is -2.31. The van der Waals surface area contributed by atoms with Crippen molar-refractivity contribution in [3.63, 3.8) is 0 Å². The Morgan fingerprint density at radius 3 is 2.52 bits per heavy atom. The Bertz CT molecular complexity index is 846. The molecule has 2 N–H and O–H groups in total. The first-order valence-corrected chi connectivity index (χ1v) is 9.42. The van der Waals surface area contributed by atoms with Crippen molar-refractivity contribution >= 4 is 23.6 Å². The molecule has 0 radical (unpaired) electrons. The molecule has 7 nitrogen and oxygen atoms in total. The summed E-state index contributed by atoms with van der Waals surface area (Å²) in [5, 5.41) is 6.17. The van der Waals surface area contributed by atoms with E-state index < -0.39 is 0 Å². The zero-order valence-corrected chi connectivity index (χ0v) is 15.6. The number of fused-ring (bicyclic) bond motifs is 1. The van der Waals surface area contributed by atoms with Crippen molar-refractivity contribution in [2.75, 3.05) is 10.6 Å². The van der Waals surface area contributed by atoms with Crippen molar-refractivity contribution in [3.05, 3.63) is 47.8 Å². The fourth-order valence-electron chi connectivity index (χ4n) is 3.85. The number of nitrogens with one attached hydrogen (secondary N) is 2. The van der Waals surface area contributed by atoms with Crippen molar-refractivity contribution in [1.29, 1.82) is 0 Å². The molecule has 140 valence electrons. The van der Waals surface area contributed by atoms with E-state index in [1.165, 1.54) is 0 Å². The second kappa shape index (κ2) is 7.34. The van der Waals surface area contributed by atoms with Gasteiger partial charge in [-0.05, 0) is 44.9 Å². The van der Waals surface area contributed by atoms with Crippen molar-refractivity contribution in [1.82, 2.24) is 14.9 Å². The fraction of sp³-hybridized carbons (Fsp3) is 0.400. The fourth-order valence-corrected chi connectivity index (χ4v) is 3.85. The van der Waals surface area contributed by atoms with Gasteiger partial charge in [-0.25, -0.2) is 19.8 Å². The maximum atomic E-state index is 13.1. The number of carbonyl (C=O) groups excluding carboxylic acids is 1. The SMILES string of the molecule is Cc1cc(C)nc(NC2=N[C@H]3CCCC[C@@H]3N2C(=O)Nc2ccccc2)n1. The van der Waals surface area contributed by atoms with Gasteiger partial charge in [0.25, 0.3) is 0 Å². The van der Waals surface area contributed by atoms with Crippen LogP contribution in [0.15, 0.2) is 41.4 Å². The minimum Gasteiger partial charge on any atom is -0.307 e. The number of aliphatic imine (C=N–C) groups is 1. The van der Waals surface area contributed by atoms with E-state index in [4.69, 9.17) is 4.99 Å². The molecular formula is C20H24N6O. The van der Waals surface area contributed by atoms with Gasteiger partial charge in [-0.2, -0.15) is 0 Å². The molecule has 2 aromatic rings. The molecule has 1 aliphatic carbocycles. The third-order valence-electron chi connectivity index (χ3n) is 4.99. The van der Waals surface area contributed by atoms with Crippen LogP contribution < -0.4 is 10.6 Å². The second-order valence-corrected chi connectivity index (χ2v) is 7.14. The van der Waals surface area contributed by atoms with E-state index in [-0.39, 0.29) is 18.1 Å². The molecule has 1 saturated carbocycles. The lowest BCUT2D eigenvalue weighted by molar-refractivity contribution is 0.209. The van der Waals surface area contributed by atoms with Gasteiger partial charge in [-0.3, -0.25) is 10.2 Å². The average molecular weight is 364 g/mol. The van der Waals surface area contributed by atoms with Crippen LogP contribution in [-0.2, 0) is 0 Å². The summed E-state index contributed by atoms with van der Waals surface area (Å²) in [6, 6.07) is 11.4. The number of amides is 2. The summed E-state index contributed by atoms with van der Waals surface area (Å²) in [6.07, 6.45) is 4.21. The van der Waals surface area contributed by atoms with Gasteiger partial charge in [0, 0.05) is 17.1 Å². The number of nitrogens with zero attached hydrogens (tertiary/aromatic N) is 4. The predicted octanol–water partition coefficient (Wildman–Crippen LogP) is 3.72. The molecule has 2 aliphatic rings. The summed E-state index contributed by atoms with van der Waals surface area (Å²) in [6.45, 7) is 3.85. The number of carbonyl (C=O) groups is 1. The third kappa shape index (κ3) is 3.77. The Morgan fingerprint density at radius 1 is 1.07 bits per heavy atom. The number of aromatic nitrogens is 2. The van der Waals surface area contributed by atoms with Crippen LogP contribution in [-0.4, -0.2) is 38.9 Å². The summed E-state index contributed by atoms with van der Waals surface area (Å²) in [5.74, 6) is 1.01. The van der Waals surface area contributed by atoms with E-state index in [2.05, 4.69) is 20.6 Å². The number of guanidine groups is 1. The molecule has 1 aliphatic heterocycles. The number of hydrogen-bond donors (Lipinski definition) is 2. The topological polar surface area (TPSA) is 82.5 Å². The molecule has 0 spiro atoms. The molecule has 1 aromatic heterocycles.